The molecule has 1 rings (SSSR count). The fourth-order valence-corrected chi connectivity index (χ4v) is 1.57. The van der Waals surface area contributed by atoms with E-state index in [2.05, 4.69) is 5.32 Å². The van der Waals surface area contributed by atoms with Crippen LogP contribution in [0.1, 0.15) is 19.4 Å². The van der Waals surface area contributed by atoms with Crippen LogP contribution in [-0.2, 0) is 0 Å². The van der Waals surface area contributed by atoms with Crippen molar-refractivity contribution in [1.82, 2.24) is 5.32 Å². The topological polar surface area (TPSA) is 41.5 Å². The molecule has 0 aliphatic rings. The van der Waals surface area contributed by atoms with Crippen molar-refractivity contribution in [3.05, 3.63) is 28.8 Å². The lowest BCUT2D eigenvalue weighted by Gasteiger charge is -2.24. The number of likely N-dealkylation sites (N-methyl/N-ethyl adjacent to an activating group) is 1. The van der Waals surface area contributed by atoms with Crippen LogP contribution in [0.3, 0.4) is 0 Å². The van der Waals surface area contributed by atoms with Crippen LogP contribution in [0, 0.1) is 6.92 Å². The van der Waals surface area contributed by atoms with Gasteiger partial charge in [0, 0.05) is 6.54 Å². The van der Waals surface area contributed by atoms with Crippen molar-refractivity contribution in [3.8, 4) is 5.75 Å². The molecule has 0 bridgehead atoms. The Morgan fingerprint density at radius 2 is 2.18 bits per heavy atom. The van der Waals surface area contributed by atoms with E-state index < -0.39 is 5.60 Å². The van der Waals surface area contributed by atoms with Crippen LogP contribution < -0.4 is 10.1 Å². The van der Waals surface area contributed by atoms with Crippen LogP contribution >= 0.6 is 11.6 Å². The minimum Gasteiger partial charge on any atom is -0.489 e. The van der Waals surface area contributed by atoms with Crippen LogP contribution in [0.15, 0.2) is 18.2 Å². The second-order valence-electron chi connectivity index (χ2n) is 4.50. The highest BCUT2D eigenvalue weighted by Crippen LogP contribution is 2.25. The van der Waals surface area contributed by atoms with Gasteiger partial charge in [0.2, 0.25) is 0 Å². The SMILES string of the molecule is CCNCC(C)(O)COc1cc(C)ccc1Cl. The number of aliphatic hydroxyl groups is 1. The molecule has 1 atom stereocenters. The summed E-state index contributed by atoms with van der Waals surface area (Å²) in [5, 5.41) is 13.7. The van der Waals surface area contributed by atoms with Crippen molar-refractivity contribution in [2.24, 2.45) is 0 Å². The number of nitrogens with one attached hydrogen (secondary N) is 1. The first-order valence-electron chi connectivity index (χ1n) is 5.76. The largest absolute Gasteiger partial charge is 0.489 e. The third kappa shape index (κ3) is 4.94. The lowest BCUT2D eigenvalue weighted by molar-refractivity contribution is 0.0127. The first-order chi connectivity index (χ1) is 7.94. The summed E-state index contributed by atoms with van der Waals surface area (Å²) in [6, 6.07) is 5.59. The molecular formula is C13H20ClNO2. The highest BCUT2D eigenvalue weighted by Gasteiger charge is 2.21. The second-order valence-corrected chi connectivity index (χ2v) is 4.91. The number of rotatable bonds is 6. The molecule has 0 fully saturated rings. The van der Waals surface area contributed by atoms with Crippen molar-refractivity contribution in [2.75, 3.05) is 19.7 Å². The van der Waals surface area contributed by atoms with Crippen molar-refractivity contribution in [1.29, 1.82) is 0 Å². The molecule has 96 valence electrons. The third-order valence-electron chi connectivity index (χ3n) is 2.38. The van der Waals surface area contributed by atoms with Crippen molar-refractivity contribution >= 4 is 11.6 Å². The molecule has 0 saturated carbocycles. The molecule has 3 nitrogen and oxygen atoms in total. The van der Waals surface area contributed by atoms with Gasteiger partial charge in [-0.25, -0.2) is 0 Å². The Kier molecular flexibility index (Phi) is 5.25. The van der Waals surface area contributed by atoms with Crippen LogP contribution in [0.25, 0.3) is 0 Å². The Hall–Kier alpha value is -0.770. The van der Waals surface area contributed by atoms with Gasteiger partial charge in [0.05, 0.1) is 5.02 Å². The van der Waals surface area contributed by atoms with Gasteiger partial charge in [-0.15, -0.1) is 0 Å². The summed E-state index contributed by atoms with van der Waals surface area (Å²) in [5.41, 5.74) is 0.180. The number of halogens is 1. The Bertz CT molecular complexity index is 366. The smallest absolute Gasteiger partial charge is 0.138 e. The van der Waals surface area contributed by atoms with Crippen LogP contribution in [0.2, 0.25) is 5.02 Å². The molecule has 0 heterocycles. The first kappa shape index (κ1) is 14.3. The number of aryl methyl sites for hydroxylation is 1. The Balaban J connectivity index is 2.57. The fraction of sp³-hybridized carbons (Fsp3) is 0.538. The van der Waals surface area contributed by atoms with Crippen molar-refractivity contribution in [3.63, 3.8) is 0 Å². The molecular weight excluding hydrogens is 238 g/mol. The van der Waals surface area contributed by atoms with Crippen LogP contribution in [-0.4, -0.2) is 30.4 Å². The van der Waals surface area contributed by atoms with E-state index in [-0.39, 0.29) is 6.61 Å². The molecule has 0 aromatic heterocycles. The van der Waals surface area contributed by atoms with E-state index in [0.717, 1.165) is 12.1 Å². The zero-order chi connectivity index (χ0) is 12.9. The number of benzene rings is 1. The van der Waals surface area contributed by atoms with Gasteiger partial charge in [0.15, 0.2) is 0 Å². The normalized spacial score (nSPS) is 14.4. The summed E-state index contributed by atoms with van der Waals surface area (Å²) in [6.07, 6.45) is 0. The molecule has 1 aromatic carbocycles. The van der Waals surface area contributed by atoms with Crippen LogP contribution in [0.4, 0.5) is 0 Å². The molecule has 4 heteroatoms. The average Bonchev–Trinajstić information content (AvgIpc) is 2.28. The van der Waals surface area contributed by atoms with E-state index in [1.807, 2.05) is 26.0 Å². The summed E-state index contributed by atoms with van der Waals surface area (Å²) >= 11 is 6.01. The molecule has 0 aliphatic carbocycles. The Labute approximate surface area is 108 Å². The number of hydrogen-bond donors (Lipinski definition) is 2. The summed E-state index contributed by atoms with van der Waals surface area (Å²) < 4.78 is 5.56. The lowest BCUT2D eigenvalue weighted by Crippen LogP contribution is -2.42. The minimum atomic E-state index is -0.900. The second kappa shape index (κ2) is 6.24. The number of ether oxygens (including phenoxy) is 1. The lowest BCUT2D eigenvalue weighted by atomic mass is 10.1. The van der Waals surface area contributed by atoms with Gasteiger partial charge in [0.25, 0.3) is 0 Å². The molecule has 0 aliphatic heterocycles. The van der Waals surface area contributed by atoms with Gasteiger partial charge in [-0.05, 0) is 38.1 Å². The molecule has 1 unspecified atom stereocenters. The Morgan fingerprint density at radius 3 is 2.82 bits per heavy atom. The zero-order valence-corrected chi connectivity index (χ0v) is 11.3. The van der Waals surface area contributed by atoms with Crippen molar-refractivity contribution < 1.29 is 9.84 Å². The molecule has 0 amide bonds. The highest BCUT2D eigenvalue weighted by molar-refractivity contribution is 6.32. The first-order valence-corrected chi connectivity index (χ1v) is 6.14. The van der Waals surface area contributed by atoms with Gasteiger partial charge < -0.3 is 15.2 Å². The highest BCUT2D eigenvalue weighted by atomic mass is 35.5. The monoisotopic (exact) mass is 257 g/mol. The van der Waals surface area contributed by atoms with Crippen molar-refractivity contribution in [2.45, 2.75) is 26.4 Å². The summed E-state index contributed by atoms with van der Waals surface area (Å²) in [4.78, 5) is 0. The van der Waals surface area contributed by atoms with E-state index in [4.69, 9.17) is 16.3 Å². The van der Waals surface area contributed by atoms with E-state index in [0.29, 0.717) is 17.3 Å². The maximum Gasteiger partial charge on any atom is 0.138 e. The molecule has 17 heavy (non-hydrogen) atoms. The predicted molar refractivity (Wildman–Crippen MR) is 70.9 cm³/mol. The predicted octanol–water partition coefficient (Wildman–Crippen LogP) is 2.39. The quantitative estimate of drug-likeness (QED) is 0.822. The summed E-state index contributed by atoms with van der Waals surface area (Å²) in [6.45, 7) is 7.23. The maximum atomic E-state index is 10.0. The Morgan fingerprint density at radius 1 is 1.47 bits per heavy atom. The van der Waals surface area contributed by atoms with E-state index in [9.17, 15) is 5.11 Å². The van der Waals surface area contributed by atoms with Gasteiger partial charge in [0.1, 0.15) is 18.0 Å². The molecule has 1 aromatic rings. The molecule has 2 N–H and O–H groups in total. The molecule has 0 spiro atoms. The van der Waals surface area contributed by atoms with Gasteiger partial charge in [-0.2, -0.15) is 0 Å². The number of hydrogen-bond acceptors (Lipinski definition) is 3. The zero-order valence-electron chi connectivity index (χ0n) is 10.6. The van der Waals surface area contributed by atoms with E-state index in [1.54, 1.807) is 13.0 Å². The maximum absolute atomic E-state index is 10.0. The third-order valence-corrected chi connectivity index (χ3v) is 2.69. The van der Waals surface area contributed by atoms with Gasteiger partial charge >= 0.3 is 0 Å². The molecule has 0 radical (unpaired) electrons. The standard InChI is InChI=1S/C13H20ClNO2/c1-4-15-8-13(3,16)9-17-12-7-10(2)5-6-11(12)14/h5-7,15-16H,4,8-9H2,1-3H3. The van der Waals surface area contributed by atoms with E-state index in [1.165, 1.54) is 0 Å². The van der Waals surface area contributed by atoms with Gasteiger partial charge in [-0.3, -0.25) is 0 Å². The van der Waals surface area contributed by atoms with Crippen LogP contribution in [0.5, 0.6) is 5.75 Å². The fourth-order valence-electron chi connectivity index (χ4n) is 1.40. The van der Waals surface area contributed by atoms with Gasteiger partial charge in [-0.1, -0.05) is 24.6 Å². The summed E-state index contributed by atoms with van der Waals surface area (Å²) in [7, 11) is 0. The minimum absolute atomic E-state index is 0.211. The summed E-state index contributed by atoms with van der Waals surface area (Å²) in [5.74, 6) is 0.614. The molecule has 0 saturated heterocycles. The van der Waals surface area contributed by atoms with E-state index >= 15 is 0 Å². The average molecular weight is 258 g/mol.